The summed E-state index contributed by atoms with van der Waals surface area (Å²) in [5, 5.41) is 27.5. The van der Waals surface area contributed by atoms with Gasteiger partial charge in [0, 0.05) is 42.1 Å². The summed E-state index contributed by atoms with van der Waals surface area (Å²) in [7, 11) is 0. The van der Waals surface area contributed by atoms with Gasteiger partial charge in [0.1, 0.15) is 23.7 Å². The highest BCUT2D eigenvalue weighted by atomic mass is 35.5. The van der Waals surface area contributed by atoms with E-state index >= 15 is 0 Å². The summed E-state index contributed by atoms with van der Waals surface area (Å²) < 4.78 is 41.6. The first-order chi connectivity index (χ1) is 19.6. The summed E-state index contributed by atoms with van der Waals surface area (Å²) in [5.41, 5.74) is 0.371. The van der Waals surface area contributed by atoms with Gasteiger partial charge in [-0.1, -0.05) is 35.9 Å². The Balaban J connectivity index is 1.59. The first kappa shape index (κ1) is 28.4. The fourth-order valence-corrected chi connectivity index (χ4v) is 5.25. The Hall–Kier alpha value is -4.18. The highest BCUT2D eigenvalue weighted by molar-refractivity contribution is 6.31. The minimum Gasteiger partial charge on any atom is -0.766 e. The normalized spacial score (nSPS) is 19.0. The van der Waals surface area contributed by atoms with E-state index in [1.165, 1.54) is 42.6 Å². The number of hydrogen-bond acceptors (Lipinski definition) is 7. The zero-order valence-electron chi connectivity index (χ0n) is 21.4. The number of amides is 2. The monoisotopic (exact) mass is 583 g/mol. The van der Waals surface area contributed by atoms with Crippen LogP contribution in [0.5, 0.6) is 0 Å². The number of aromatic nitrogens is 1. The Kier molecular flexibility index (Phi) is 7.86. The van der Waals surface area contributed by atoms with Gasteiger partial charge in [-0.05, 0) is 42.8 Å². The van der Waals surface area contributed by atoms with Crippen LogP contribution in [0.25, 0.3) is 0 Å². The van der Waals surface area contributed by atoms with Gasteiger partial charge in [-0.2, -0.15) is 5.26 Å². The minimum absolute atomic E-state index is 0.0256. The molecule has 0 bridgehead atoms. The van der Waals surface area contributed by atoms with Crippen LogP contribution in [-0.2, 0) is 9.59 Å². The third-order valence-corrected chi connectivity index (χ3v) is 7.32. The molecule has 1 saturated carbocycles. The third-order valence-electron chi connectivity index (χ3n) is 6.98. The van der Waals surface area contributed by atoms with Crippen LogP contribution in [0.3, 0.4) is 0 Å². The predicted octanol–water partition coefficient (Wildman–Crippen LogP) is 5.08. The van der Waals surface area contributed by atoms with Crippen LogP contribution < -0.4 is 15.2 Å². The molecule has 3 aromatic rings. The molecule has 0 radical (unpaired) electrons. The Morgan fingerprint density at radius 3 is 2.59 bits per heavy atom. The lowest BCUT2D eigenvalue weighted by atomic mass is 9.88. The molecule has 0 unspecified atom stereocenters. The van der Waals surface area contributed by atoms with E-state index in [0.29, 0.717) is 5.17 Å². The van der Waals surface area contributed by atoms with Gasteiger partial charge in [-0.25, -0.2) is 18.2 Å². The average Bonchev–Trinajstić information content (AvgIpc) is 3.32. The van der Waals surface area contributed by atoms with Crippen molar-refractivity contribution in [2.45, 2.75) is 49.9 Å². The molecule has 2 heterocycles. The van der Waals surface area contributed by atoms with Gasteiger partial charge in [-0.15, -0.1) is 0 Å². The van der Waals surface area contributed by atoms with Crippen molar-refractivity contribution in [3.63, 3.8) is 0 Å². The molecule has 41 heavy (non-hydrogen) atoms. The van der Waals surface area contributed by atoms with Crippen LogP contribution in [0.15, 0.2) is 66.9 Å². The van der Waals surface area contributed by atoms with Gasteiger partial charge in [0.25, 0.3) is 5.92 Å². The number of alkyl halides is 2. The lowest BCUT2D eigenvalue weighted by molar-refractivity contribution is -0.131. The van der Waals surface area contributed by atoms with Gasteiger partial charge in [0.2, 0.25) is 11.8 Å². The number of benzene rings is 2. The maximum Gasteiger partial charge on any atom is 0.252 e. The van der Waals surface area contributed by atoms with Crippen molar-refractivity contribution >= 4 is 34.9 Å². The van der Waals surface area contributed by atoms with Gasteiger partial charge in [0.05, 0.1) is 17.4 Å². The lowest BCUT2D eigenvalue weighted by Crippen LogP contribution is -2.58. The van der Waals surface area contributed by atoms with E-state index in [-0.39, 0.29) is 40.5 Å². The second-order valence-electron chi connectivity index (χ2n) is 9.82. The molecule has 2 aromatic carbocycles. The lowest BCUT2D eigenvalue weighted by Gasteiger charge is -2.50. The maximum atomic E-state index is 14.5. The highest BCUT2D eigenvalue weighted by Crippen LogP contribution is 2.40. The van der Waals surface area contributed by atoms with Crippen molar-refractivity contribution in [2.75, 3.05) is 9.91 Å². The van der Waals surface area contributed by atoms with Crippen LogP contribution in [0.2, 0.25) is 5.02 Å². The molecule has 2 fully saturated rings. The SMILES string of the molecule is N#Cc1ccc(N2C(=O)CC[C@H]2N([O-])N(c2cccc(F)c2)[C@H](C(=O)NC2CC(F)(F)C2)c2ccccc2Cl)nc1. The van der Waals surface area contributed by atoms with E-state index in [9.17, 15) is 28.0 Å². The number of anilines is 2. The molecule has 1 N–H and O–H groups in total. The molecule has 2 atom stereocenters. The molecule has 0 spiro atoms. The number of carbonyl (C=O) groups is 2. The number of rotatable bonds is 8. The number of hydroxylamine groups is 1. The van der Waals surface area contributed by atoms with Crippen LogP contribution in [0.1, 0.15) is 42.9 Å². The van der Waals surface area contributed by atoms with E-state index < -0.39 is 54.6 Å². The molecule has 1 saturated heterocycles. The van der Waals surface area contributed by atoms with Gasteiger partial charge < -0.3 is 10.5 Å². The number of carbonyl (C=O) groups excluding carboxylic acids is 2. The zero-order valence-corrected chi connectivity index (χ0v) is 22.1. The van der Waals surface area contributed by atoms with Crippen LogP contribution >= 0.6 is 11.6 Å². The minimum atomic E-state index is -2.91. The first-order valence-electron chi connectivity index (χ1n) is 12.7. The summed E-state index contributed by atoms with van der Waals surface area (Å²) >= 11 is 6.47. The van der Waals surface area contributed by atoms with E-state index in [0.717, 1.165) is 22.0 Å². The molecular formula is C28H23ClF3N6O3-. The van der Waals surface area contributed by atoms with Gasteiger partial charge in [-0.3, -0.25) is 24.7 Å². The number of nitrogens with one attached hydrogen (secondary N) is 1. The van der Waals surface area contributed by atoms with Gasteiger partial charge >= 0.3 is 0 Å². The summed E-state index contributed by atoms with van der Waals surface area (Å²) in [6.45, 7) is 0. The number of pyridine rings is 1. The Bertz CT molecular complexity index is 1490. The summed E-state index contributed by atoms with van der Waals surface area (Å²) in [5.74, 6) is -4.75. The smallest absolute Gasteiger partial charge is 0.252 e. The molecular weight excluding hydrogens is 561 g/mol. The van der Waals surface area contributed by atoms with Crippen molar-refractivity contribution < 1.29 is 22.8 Å². The van der Waals surface area contributed by atoms with Crippen molar-refractivity contribution in [3.05, 3.63) is 94.0 Å². The predicted molar refractivity (Wildman–Crippen MR) is 144 cm³/mol. The summed E-state index contributed by atoms with van der Waals surface area (Å²) in [6.07, 6.45) is -1.10. The van der Waals surface area contributed by atoms with E-state index in [1.54, 1.807) is 12.1 Å². The molecule has 1 aliphatic heterocycles. The average molecular weight is 584 g/mol. The molecule has 212 valence electrons. The molecule has 9 nitrogen and oxygen atoms in total. The first-order valence-corrected chi connectivity index (χ1v) is 13.1. The summed E-state index contributed by atoms with van der Waals surface area (Å²) in [4.78, 5) is 32.0. The molecule has 1 aliphatic carbocycles. The molecule has 13 heteroatoms. The fourth-order valence-electron chi connectivity index (χ4n) is 5.02. The number of nitrogens with zero attached hydrogens (tertiary/aromatic N) is 5. The fraction of sp³-hybridized carbons (Fsp3) is 0.286. The maximum absolute atomic E-state index is 14.5. The molecule has 2 amide bonds. The Morgan fingerprint density at radius 1 is 1.20 bits per heavy atom. The number of nitriles is 1. The van der Waals surface area contributed by atoms with Crippen molar-refractivity contribution in [1.82, 2.24) is 15.5 Å². The zero-order chi connectivity index (χ0) is 29.3. The van der Waals surface area contributed by atoms with E-state index in [4.69, 9.17) is 16.9 Å². The second-order valence-corrected chi connectivity index (χ2v) is 10.2. The molecule has 5 rings (SSSR count). The largest absolute Gasteiger partial charge is 0.766 e. The van der Waals surface area contributed by atoms with Crippen LogP contribution in [0.4, 0.5) is 24.7 Å². The Morgan fingerprint density at radius 2 is 1.95 bits per heavy atom. The van der Waals surface area contributed by atoms with Crippen molar-refractivity contribution in [3.8, 4) is 6.07 Å². The number of hydrazine groups is 1. The van der Waals surface area contributed by atoms with Crippen molar-refractivity contribution in [2.24, 2.45) is 0 Å². The van der Waals surface area contributed by atoms with Crippen molar-refractivity contribution in [1.29, 1.82) is 5.26 Å². The van der Waals surface area contributed by atoms with E-state index in [2.05, 4.69) is 10.3 Å². The second kappa shape index (κ2) is 11.4. The van der Waals surface area contributed by atoms with Gasteiger partial charge in [0.15, 0.2) is 0 Å². The quantitative estimate of drug-likeness (QED) is 0.368. The van der Waals surface area contributed by atoms with Crippen LogP contribution in [0, 0.1) is 22.4 Å². The van der Waals surface area contributed by atoms with E-state index in [1.807, 2.05) is 6.07 Å². The third kappa shape index (κ3) is 5.83. The molecule has 2 aliphatic rings. The Labute approximate surface area is 238 Å². The number of hydrogen-bond donors (Lipinski definition) is 1. The number of halogens is 4. The summed E-state index contributed by atoms with van der Waals surface area (Å²) in [6, 6.07) is 13.6. The molecule has 1 aromatic heterocycles. The standard InChI is InChI=1S/C28H23ClF3N6O3/c29-22-7-2-1-6-21(22)26(27(40)35-19-13-28(31,32)14-19)37(20-5-3-4-18(30)12-20)38(41)24-10-11-25(39)36(24)23-9-8-17(15-33)16-34-23/h1-9,12,16,19,24,26H,10-11,13-14H2,(H,35,40)/q-1/t24-,26+/m1/s1. The highest BCUT2D eigenvalue weighted by Gasteiger charge is 2.47. The topological polar surface area (TPSA) is 116 Å². The van der Waals surface area contributed by atoms with Crippen LogP contribution in [-0.4, -0.2) is 40.1 Å².